The largest absolute Gasteiger partial charge is 0.354 e. The van der Waals surface area contributed by atoms with Crippen molar-refractivity contribution < 1.29 is 18.0 Å². The van der Waals surface area contributed by atoms with Gasteiger partial charge in [0, 0.05) is 29.6 Å². The molecule has 0 aromatic heterocycles. The maximum absolute atomic E-state index is 14.6. The standard InChI is InChI=1S/C36H39Cl2N3O4S/c1-25(2)22-39-36(43)34(21-28-10-6-5-7-11-28)40(23-29-12-8-9-13-32(29)38)35(42)24-41(33-19-16-30(37)20-27(33)4)46(44,45)31-17-14-26(3)15-18-31/h5-20,25,34H,21-24H2,1-4H3,(H,39,43)/t34-/m1/s1. The lowest BCUT2D eigenvalue weighted by Crippen LogP contribution is -2.53. The van der Waals surface area contributed by atoms with Crippen molar-refractivity contribution in [3.8, 4) is 0 Å². The molecular weight excluding hydrogens is 641 g/mol. The first-order valence-electron chi connectivity index (χ1n) is 15.1. The van der Waals surface area contributed by atoms with Gasteiger partial charge in [-0.3, -0.25) is 13.9 Å². The number of anilines is 1. The summed E-state index contributed by atoms with van der Waals surface area (Å²) < 4.78 is 29.6. The van der Waals surface area contributed by atoms with Gasteiger partial charge in [-0.2, -0.15) is 0 Å². The summed E-state index contributed by atoms with van der Waals surface area (Å²) in [5.41, 5.74) is 3.25. The van der Waals surface area contributed by atoms with Crippen LogP contribution in [0.15, 0.2) is 102 Å². The van der Waals surface area contributed by atoms with E-state index in [0.717, 1.165) is 15.4 Å². The molecular formula is C36H39Cl2N3O4S. The molecule has 2 amide bonds. The lowest BCUT2D eigenvalue weighted by Gasteiger charge is -2.34. The summed E-state index contributed by atoms with van der Waals surface area (Å²) in [5, 5.41) is 3.85. The molecule has 10 heteroatoms. The van der Waals surface area contributed by atoms with Crippen molar-refractivity contribution in [1.29, 1.82) is 0 Å². The van der Waals surface area contributed by atoms with Gasteiger partial charge in [0.05, 0.1) is 10.6 Å². The highest BCUT2D eigenvalue weighted by atomic mass is 35.5. The number of nitrogens with zero attached hydrogens (tertiary/aromatic N) is 2. The third kappa shape index (κ3) is 8.90. The van der Waals surface area contributed by atoms with E-state index in [9.17, 15) is 18.0 Å². The summed E-state index contributed by atoms with van der Waals surface area (Å²) in [6.07, 6.45) is 0.214. The molecule has 0 heterocycles. The zero-order chi connectivity index (χ0) is 33.4. The zero-order valence-electron chi connectivity index (χ0n) is 26.4. The number of hydrogen-bond donors (Lipinski definition) is 1. The Morgan fingerprint density at radius 2 is 1.50 bits per heavy atom. The quantitative estimate of drug-likeness (QED) is 0.162. The molecule has 0 saturated heterocycles. The van der Waals surface area contributed by atoms with Crippen LogP contribution in [0.3, 0.4) is 0 Å². The van der Waals surface area contributed by atoms with Crippen LogP contribution < -0.4 is 9.62 Å². The van der Waals surface area contributed by atoms with Crippen LogP contribution in [0.4, 0.5) is 5.69 Å². The van der Waals surface area contributed by atoms with Crippen LogP contribution in [-0.2, 0) is 32.6 Å². The normalized spacial score (nSPS) is 12.1. The second kappa shape index (κ2) is 15.6. The number of carbonyl (C=O) groups is 2. The second-order valence-electron chi connectivity index (χ2n) is 11.7. The molecule has 0 spiro atoms. The molecule has 0 aliphatic heterocycles. The molecule has 4 rings (SSSR count). The lowest BCUT2D eigenvalue weighted by molar-refractivity contribution is -0.140. The summed E-state index contributed by atoms with van der Waals surface area (Å²) in [7, 11) is -4.23. The highest BCUT2D eigenvalue weighted by Crippen LogP contribution is 2.30. The third-order valence-corrected chi connectivity index (χ3v) is 9.95. The Balaban J connectivity index is 1.83. The van der Waals surface area contributed by atoms with E-state index in [4.69, 9.17) is 23.2 Å². The number of benzene rings is 4. The Morgan fingerprint density at radius 1 is 0.848 bits per heavy atom. The molecule has 0 aliphatic carbocycles. The molecule has 0 radical (unpaired) electrons. The van der Waals surface area contributed by atoms with Crippen molar-refractivity contribution in [3.05, 3.63) is 129 Å². The van der Waals surface area contributed by atoms with E-state index >= 15 is 0 Å². The van der Waals surface area contributed by atoms with E-state index in [0.29, 0.717) is 33.4 Å². The number of hydrogen-bond acceptors (Lipinski definition) is 4. The van der Waals surface area contributed by atoms with Crippen molar-refractivity contribution >= 4 is 50.7 Å². The smallest absolute Gasteiger partial charge is 0.264 e. The Hall–Kier alpha value is -3.85. The number of sulfonamides is 1. The van der Waals surface area contributed by atoms with E-state index < -0.39 is 28.5 Å². The summed E-state index contributed by atoms with van der Waals surface area (Å²) in [6.45, 7) is 7.42. The van der Waals surface area contributed by atoms with Gasteiger partial charge in [-0.15, -0.1) is 0 Å². The fourth-order valence-corrected chi connectivity index (χ4v) is 6.94. The number of halogens is 2. The fraction of sp³-hybridized carbons (Fsp3) is 0.278. The average Bonchev–Trinajstić information content (AvgIpc) is 3.02. The van der Waals surface area contributed by atoms with Gasteiger partial charge in [0.2, 0.25) is 11.8 Å². The Morgan fingerprint density at radius 3 is 2.13 bits per heavy atom. The van der Waals surface area contributed by atoms with Gasteiger partial charge in [0.15, 0.2) is 0 Å². The molecule has 1 atom stereocenters. The molecule has 46 heavy (non-hydrogen) atoms. The molecule has 7 nitrogen and oxygen atoms in total. The number of amides is 2. The minimum atomic E-state index is -4.23. The zero-order valence-corrected chi connectivity index (χ0v) is 28.7. The van der Waals surface area contributed by atoms with Gasteiger partial charge in [-0.05, 0) is 72.9 Å². The average molecular weight is 681 g/mol. The Bertz CT molecular complexity index is 1760. The lowest BCUT2D eigenvalue weighted by atomic mass is 10.0. The van der Waals surface area contributed by atoms with Crippen molar-refractivity contribution in [2.75, 3.05) is 17.4 Å². The van der Waals surface area contributed by atoms with Crippen LogP contribution in [0.5, 0.6) is 0 Å². The first kappa shape index (κ1) is 35.0. The van der Waals surface area contributed by atoms with Gasteiger partial charge in [-0.25, -0.2) is 8.42 Å². The van der Waals surface area contributed by atoms with E-state index in [2.05, 4.69) is 5.32 Å². The topological polar surface area (TPSA) is 86.8 Å². The van der Waals surface area contributed by atoms with Gasteiger partial charge in [0.25, 0.3) is 10.0 Å². The summed E-state index contributed by atoms with van der Waals surface area (Å²) in [5.74, 6) is -0.726. The molecule has 242 valence electrons. The summed E-state index contributed by atoms with van der Waals surface area (Å²) in [6, 6.07) is 26.8. The van der Waals surface area contributed by atoms with E-state index in [1.54, 1.807) is 61.5 Å². The molecule has 4 aromatic carbocycles. The number of nitrogens with one attached hydrogen (secondary N) is 1. The van der Waals surface area contributed by atoms with Crippen molar-refractivity contribution in [2.24, 2.45) is 5.92 Å². The second-order valence-corrected chi connectivity index (χ2v) is 14.4. The highest BCUT2D eigenvalue weighted by Gasteiger charge is 2.35. The summed E-state index contributed by atoms with van der Waals surface area (Å²) >= 11 is 12.8. The SMILES string of the molecule is Cc1ccc(S(=O)(=O)N(CC(=O)N(Cc2ccccc2Cl)[C@H](Cc2ccccc2)C(=O)NCC(C)C)c2ccc(Cl)cc2C)cc1. The molecule has 0 aliphatic rings. The van der Waals surface area contributed by atoms with Crippen LogP contribution in [0.1, 0.15) is 36.1 Å². The molecule has 0 fully saturated rings. The van der Waals surface area contributed by atoms with E-state index in [1.165, 1.54) is 17.0 Å². The van der Waals surface area contributed by atoms with E-state index in [-0.39, 0.29) is 29.7 Å². The third-order valence-electron chi connectivity index (χ3n) is 7.57. The Labute approximate surface area is 282 Å². The highest BCUT2D eigenvalue weighted by molar-refractivity contribution is 7.92. The molecule has 1 N–H and O–H groups in total. The van der Waals surface area contributed by atoms with Gasteiger partial charge < -0.3 is 10.2 Å². The minimum absolute atomic E-state index is 0.0108. The van der Waals surface area contributed by atoms with Crippen molar-refractivity contribution in [2.45, 2.75) is 51.6 Å². The van der Waals surface area contributed by atoms with E-state index in [1.807, 2.05) is 51.1 Å². The van der Waals surface area contributed by atoms with Crippen LogP contribution in [0.25, 0.3) is 0 Å². The molecule has 4 aromatic rings. The predicted octanol–water partition coefficient (Wildman–Crippen LogP) is 7.22. The maximum atomic E-state index is 14.6. The van der Waals surface area contributed by atoms with Crippen LogP contribution in [-0.4, -0.2) is 44.3 Å². The predicted molar refractivity (Wildman–Crippen MR) is 186 cm³/mol. The van der Waals surface area contributed by atoms with Crippen LogP contribution >= 0.6 is 23.2 Å². The van der Waals surface area contributed by atoms with Crippen LogP contribution in [0, 0.1) is 19.8 Å². The van der Waals surface area contributed by atoms with Gasteiger partial charge in [-0.1, -0.05) is 103 Å². The van der Waals surface area contributed by atoms with Crippen LogP contribution in [0.2, 0.25) is 10.0 Å². The number of rotatable bonds is 13. The first-order chi connectivity index (χ1) is 21.9. The van der Waals surface area contributed by atoms with Gasteiger partial charge in [0.1, 0.15) is 12.6 Å². The van der Waals surface area contributed by atoms with Crippen molar-refractivity contribution in [3.63, 3.8) is 0 Å². The molecule has 0 unspecified atom stereocenters. The maximum Gasteiger partial charge on any atom is 0.264 e. The summed E-state index contributed by atoms with van der Waals surface area (Å²) in [4.78, 5) is 30.0. The minimum Gasteiger partial charge on any atom is -0.354 e. The first-order valence-corrected chi connectivity index (χ1v) is 17.3. The number of carbonyl (C=O) groups excluding carboxylic acids is 2. The Kier molecular flexibility index (Phi) is 11.9. The molecule has 0 bridgehead atoms. The van der Waals surface area contributed by atoms with Crippen molar-refractivity contribution in [1.82, 2.24) is 10.2 Å². The van der Waals surface area contributed by atoms with Gasteiger partial charge >= 0.3 is 0 Å². The fourth-order valence-electron chi connectivity index (χ4n) is 5.04. The number of aryl methyl sites for hydroxylation is 2. The molecule has 0 saturated carbocycles. The monoisotopic (exact) mass is 679 g/mol.